The van der Waals surface area contributed by atoms with Crippen LogP contribution in [0.2, 0.25) is 0 Å². The first-order valence-corrected chi connectivity index (χ1v) is 8.74. The van der Waals surface area contributed by atoms with Gasteiger partial charge in [0, 0.05) is 56.1 Å². The minimum atomic E-state index is 0.860. The van der Waals surface area contributed by atoms with Crippen LogP contribution in [-0.4, -0.2) is 50.9 Å². The first-order valence-electron chi connectivity index (χ1n) is 7.92. The Labute approximate surface area is 144 Å². The highest BCUT2D eigenvalue weighted by Crippen LogP contribution is 2.24. The van der Waals surface area contributed by atoms with E-state index in [0.29, 0.717) is 0 Å². The fourth-order valence-electron chi connectivity index (χ4n) is 2.82. The van der Waals surface area contributed by atoms with E-state index in [1.165, 1.54) is 4.88 Å². The molecular weight excluding hydrogens is 322 g/mol. The lowest BCUT2D eigenvalue weighted by Gasteiger charge is -2.35. The zero-order valence-corrected chi connectivity index (χ0v) is 14.6. The summed E-state index contributed by atoms with van der Waals surface area (Å²) in [5, 5.41) is 5.32. The molecule has 0 bridgehead atoms. The predicted molar refractivity (Wildman–Crippen MR) is 95.5 cm³/mol. The van der Waals surface area contributed by atoms with Crippen molar-refractivity contribution in [1.82, 2.24) is 24.7 Å². The average Bonchev–Trinajstić information content (AvgIpc) is 3.24. The van der Waals surface area contributed by atoms with Crippen molar-refractivity contribution in [2.45, 2.75) is 6.92 Å². The second-order valence-corrected chi connectivity index (χ2v) is 7.11. The molecule has 0 spiro atoms. The van der Waals surface area contributed by atoms with E-state index in [-0.39, 0.29) is 0 Å². The van der Waals surface area contributed by atoms with Crippen LogP contribution in [0.25, 0.3) is 11.3 Å². The monoisotopic (exact) mass is 341 g/mol. The smallest absolute Gasteiger partial charge is 0.185 e. The fourth-order valence-corrected chi connectivity index (χ4v) is 3.63. The van der Waals surface area contributed by atoms with E-state index >= 15 is 0 Å². The number of aromatic nitrogens is 5. The maximum atomic E-state index is 4.76. The van der Waals surface area contributed by atoms with Crippen LogP contribution in [0.15, 0.2) is 31.0 Å². The van der Waals surface area contributed by atoms with Crippen LogP contribution in [-0.2, 0) is 7.05 Å². The molecule has 7 nitrogen and oxygen atoms in total. The molecule has 0 radical (unpaired) electrons. The molecule has 0 amide bonds. The number of anilines is 2. The van der Waals surface area contributed by atoms with Crippen molar-refractivity contribution < 1.29 is 0 Å². The highest BCUT2D eigenvalue weighted by atomic mass is 32.1. The van der Waals surface area contributed by atoms with Gasteiger partial charge in [-0.3, -0.25) is 9.67 Å². The van der Waals surface area contributed by atoms with Gasteiger partial charge >= 0.3 is 0 Å². The van der Waals surface area contributed by atoms with E-state index in [2.05, 4.69) is 31.8 Å². The minimum absolute atomic E-state index is 0.860. The lowest BCUT2D eigenvalue weighted by Crippen LogP contribution is -2.46. The van der Waals surface area contributed by atoms with Crippen LogP contribution in [0.5, 0.6) is 0 Å². The summed E-state index contributed by atoms with van der Waals surface area (Å²) in [7, 11) is 1.90. The third-order valence-electron chi connectivity index (χ3n) is 4.11. The molecule has 0 unspecified atom stereocenters. The summed E-state index contributed by atoms with van der Waals surface area (Å²) in [6.07, 6.45) is 9.33. The Kier molecular flexibility index (Phi) is 3.89. The van der Waals surface area contributed by atoms with Gasteiger partial charge in [0.1, 0.15) is 5.82 Å². The maximum absolute atomic E-state index is 4.76. The predicted octanol–water partition coefficient (Wildman–Crippen LogP) is 1.97. The number of piperazine rings is 1. The average molecular weight is 341 g/mol. The van der Waals surface area contributed by atoms with Crippen molar-refractivity contribution >= 4 is 22.3 Å². The zero-order valence-electron chi connectivity index (χ0n) is 13.8. The third kappa shape index (κ3) is 2.96. The van der Waals surface area contributed by atoms with Crippen LogP contribution in [0, 0.1) is 6.92 Å². The summed E-state index contributed by atoms with van der Waals surface area (Å²) >= 11 is 1.75. The van der Waals surface area contributed by atoms with E-state index in [1.807, 2.05) is 31.8 Å². The molecule has 1 aliphatic rings. The number of thiazole rings is 1. The Morgan fingerprint density at radius 2 is 1.79 bits per heavy atom. The molecule has 8 heteroatoms. The SMILES string of the molecule is Cc1cnc(N2CCN(c3cncc(-c4cnn(C)c4)n3)CC2)s1. The Bertz CT molecular complexity index is 832. The Morgan fingerprint density at radius 3 is 2.46 bits per heavy atom. The lowest BCUT2D eigenvalue weighted by molar-refractivity contribution is 0.645. The molecule has 3 aromatic heterocycles. The quantitative estimate of drug-likeness (QED) is 0.726. The van der Waals surface area contributed by atoms with Crippen LogP contribution < -0.4 is 9.80 Å². The third-order valence-corrected chi connectivity index (χ3v) is 5.08. The number of hydrogen-bond acceptors (Lipinski definition) is 7. The Morgan fingerprint density at radius 1 is 1.00 bits per heavy atom. The summed E-state index contributed by atoms with van der Waals surface area (Å²) in [4.78, 5) is 19.5. The van der Waals surface area contributed by atoms with Crippen molar-refractivity contribution in [3.8, 4) is 11.3 Å². The molecule has 1 aliphatic heterocycles. The Hall–Kier alpha value is -2.48. The molecule has 0 saturated carbocycles. The summed E-state index contributed by atoms with van der Waals surface area (Å²) in [6, 6.07) is 0. The largest absolute Gasteiger partial charge is 0.352 e. The molecule has 4 rings (SSSR count). The molecule has 0 aromatic carbocycles. The van der Waals surface area contributed by atoms with Gasteiger partial charge in [-0.05, 0) is 6.92 Å². The molecule has 1 saturated heterocycles. The van der Waals surface area contributed by atoms with Crippen molar-refractivity contribution in [3.05, 3.63) is 35.9 Å². The molecule has 0 aliphatic carbocycles. The van der Waals surface area contributed by atoms with Crippen LogP contribution in [0.3, 0.4) is 0 Å². The molecule has 124 valence electrons. The van der Waals surface area contributed by atoms with Crippen molar-refractivity contribution in [1.29, 1.82) is 0 Å². The molecule has 4 heterocycles. The van der Waals surface area contributed by atoms with Gasteiger partial charge in [0.15, 0.2) is 5.13 Å². The van der Waals surface area contributed by atoms with E-state index in [1.54, 1.807) is 22.2 Å². The van der Waals surface area contributed by atoms with Gasteiger partial charge in [-0.15, -0.1) is 11.3 Å². The molecule has 24 heavy (non-hydrogen) atoms. The van der Waals surface area contributed by atoms with E-state index in [9.17, 15) is 0 Å². The summed E-state index contributed by atoms with van der Waals surface area (Å²) in [5.74, 6) is 0.923. The van der Waals surface area contributed by atoms with Gasteiger partial charge in [-0.2, -0.15) is 5.10 Å². The van der Waals surface area contributed by atoms with Crippen molar-refractivity contribution in [2.75, 3.05) is 36.0 Å². The highest BCUT2D eigenvalue weighted by Gasteiger charge is 2.20. The number of rotatable bonds is 3. The van der Waals surface area contributed by atoms with E-state index in [4.69, 9.17) is 4.98 Å². The number of nitrogens with zero attached hydrogens (tertiary/aromatic N) is 7. The van der Waals surface area contributed by atoms with Gasteiger partial charge < -0.3 is 9.80 Å². The standard InChI is InChI=1S/C16H19N7S/c1-12-7-18-16(24-12)23-5-3-22(4-6-23)15-10-17-9-14(20-15)13-8-19-21(2)11-13/h7-11H,3-6H2,1-2H3. The lowest BCUT2D eigenvalue weighted by atomic mass is 10.2. The van der Waals surface area contributed by atoms with Gasteiger partial charge in [0.25, 0.3) is 0 Å². The van der Waals surface area contributed by atoms with E-state index in [0.717, 1.165) is 48.4 Å². The second-order valence-electron chi connectivity index (χ2n) is 5.89. The number of aryl methyl sites for hydroxylation is 2. The molecule has 0 atom stereocenters. The van der Waals surface area contributed by atoms with Gasteiger partial charge in [0.05, 0.1) is 24.3 Å². The fraction of sp³-hybridized carbons (Fsp3) is 0.375. The topological polar surface area (TPSA) is 63.0 Å². The molecule has 1 fully saturated rings. The highest BCUT2D eigenvalue weighted by molar-refractivity contribution is 7.15. The second kappa shape index (κ2) is 6.20. The minimum Gasteiger partial charge on any atom is -0.352 e. The van der Waals surface area contributed by atoms with Crippen LogP contribution >= 0.6 is 11.3 Å². The first kappa shape index (κ1) is 15.1. The Balaban J connectivity index is 1.47. The van der Waals surface area contributed by atoms with Crippen molar-refractivity contribution in [3.63, 3.8) is 0 Å². The summed E-state index contributed by atoms with van der Waals surface area (Å²) in [6.45, 7) is 5.84. The van der Waals surface area contributed by atoms with Crippen LogP contribution in [0.1, 0.15) is 4.88 Å². The summed E-state index contributed by atoms with van der Waals surface area (Å²) < 4.78 is 1.78. The normalized spacial score (nSPS) is 15.1. The number of hydrogen-bond donors (Lipinski definition) is 0. The maximum Gasteiger partial charge on any atom is 0.185 e. The van der Waals surface area contributed by atoms with Crippen molar-refractivity contribution in [2.24, 2.45) is 7.05 Å². The van der Waals surface area contributed by atoms with Gasteiger partial charge in [-0.1, -0.05) is 0 Å². The summed E-state index contributed by atoms with van der Waals surface area (Å²) in [5.41, 5.74) is 1.85. The first-order chi connectivity index (χ1) is 11.7. The zero-order chi connectivity index (χ0) is 16.5. The van der Waals surface area contributed by atoms with Gasteiger partial charge in [-0.25, -0.2) is 9.97 Å². The molecule has 0 N–H and O–H groups in total. The molecule has 3 aromatic rings. The molecular formula is C16H19N7S. The van der Waals surface area contributed by atoms with Gasteiger partial charge in [0.2, 0.25) is 0 Å². The van der Waals surface area contributed by atoms with Crippen LogP contribution in [0.4, 0.5) is 10.9 Å². The van der Waals surface area contributed by atoms with E-state index < -0.39 is 0 Å².